The van der Waals surface area contributed by atoms with Gasteiger partial charge in [-0.05, 0) is 23.1 Å². The van der Waals surface area contributed by atoms with Crippen molar-refractivity contribution in [3.05, 3.63) is 71.3 Å². The molecule has 4 nitrogen and oxygen atoms in total. The van der Waals surface area contributed by atoms with Crippen molar-refractivity contribution in [2.24, 2.45) is 10.4 Å². The number of amidine groups is 1. The zero-order chi connectivity index (χ0) is 17.0. The van der Waals surface area contributed by atoms with Crippen molar-refractivity contribution in [2.45, 2.75) is 20.4 Å². The van der Waals surface area contributed by atoms with E-state index in [0.29, 0.717) is 12.1 Å². The average molecular weight is 321 g/mol. The second-order valence-corrected chi connectivity index (χ2v) is 6.89. The van der Waals surface area contributed by atoms with Crippen LogP contribution in [0.1, 0.15) is 35.3 Å². The van der Waals surface area contributed by atoms with E-state index in [1.54, 1.807) is 0 Å². The summed E-state index contributed by atoms with van der Waals surface area (Å²) >= 11 is 0. The lowest BCUT2D eigenvalue weighted by Gasteiger charge is -2.26. The Labute approximate surface area is 143 Å². The standard InChI is InChI=1S/C20H23N3O/c1-20(2,14-23-19(24)15-8-4-3-5-9-15)13-22-18-17-11-7-6-10-16(17)12-21-18/h3-11H,12-14H2,1-2H3,(H,21,22)(H,23,24). The third-order valence-electron chi connectivity index (χ3n) is 4.18. The van der Waals surface area contributed by atoms with E-state index < -0.39 is 0 Å². The van der Waals surface area contributed by atoms with Crippen molar-refractivity contribution in [2.75, 3.05) is 13.1 Å². The number of fused-ring (bicyclic) bond motifs is 1. The molecule has 0 spiro atoms. The number of nitrogens with one attached hydrogen (secondary N) is 2. The first kappa shape index (κ1) is 16.2. The van der Waals surface area contributed by atoms with Crippen LogP contribution in [0.3, 0.4) is 0 Å². The average Bonchev–Trinajstić information content (AvgIpc) is 3.02. The van der Waals surface area contributed by atoms with E-state index in [2.05, 4.69) is 41.6 Å². The monoisotopic (exact) mass is 321 g/mol. The van der Waals surface area contributed by atoms with Gasteiger partial charge < -0.3 is 10.6 Å². The van der Waals surface area contributed by atoms with Gasteiger partial charge in [-0.1, -0.05) is 56.3 Å². The highest BCUT2D eigenvalue weighted by atomic mass is 16.1. The molecule has 0 aromatic heterocycles. The van der Waals surface area contributed by atoms with E-state index in [-0.39, 0.29) is 11.3 Å². The highest BCUT2D eigenvalue weighted by Crippen LogP contribution is 2.18. The van der Waals surface area contributed by atoms with E-state index in [9.17, 15) is 4.79 Å². The maximum atomic E-state index is 12.2. The fraction of sp³-hybridized carbons (Fsp3) is 0.300. The number of carbonyl (C=O) groups is 1. The van der Waals surface area contributed by atoms with Crippen LogP contribution < -0.4 is 10.6 Å². The summed E-state index contributed by atoms with van der Waals surface area (Å²) in [5.74, 6) is 0.917. The Hall–Kier alpha value is -2.62. The maximum Gasteiger partial charge on any atom is 0.251 e. The molecule has 1 amide bonds. The van der Waals surface area contributed by atoms with Crippen molar-refractivity contribution in [3.63, 3.8) is 0 Å². The van der Waals surface area contributed by atoms with Crippen LogP contribution in [-0.4, -0.2) is 24.8 Å². The molecule has 0 radical (unpaired) electrons. The SMILES string of the molecule is CC(C)(CNC(=O)c1ccccc1)CNC1=NCc2ccccc21. The lowest BCUT2D eigenvalue weighted by molar-refractivity contribution is 0.0937. The molecule has 0 saturated heterocycles. The van der Waals surface area contributed by atoms with Crippen molar-refractivity contribution in [1.29, 1.82) is 0 Å². The predicted molar refractivity (Wildman–Crippen MR) is 97.2 cm³/mol. The molecule has 1 heterocycles. The molecule has 0 unspecified atom stereocenters. The van der Waals surface area contributed by atoms with Gasteiger partial charge in [0.05, 0.1) is 6.54 Å². The summed E-state index contributed by atoms with van der Waals surface area (Å²) in [7, 11) is 0. The lowest BCUT2D eigenvalue weighted by Crippen LogP contribution is -2.42. The molecule has 24 heavy (non-hydrogen) atoms. The Morgan fingerprint density at radius 3 is 2.54 bits per heavy atom. The van der Waals surface area contributed by atoms with E-state index in [0.717, 1.165) is 18.9 Å². The molecule has 3 rings (SSSR count). The summed E-state index contributed by atoms with van der Waals surface area (Å²) in [5, 5.41) is 6.46. The topological polar surface area (TPSA) is 53.5 Å². The fourth-order valence-electron chi connectivity index (χ4n) is 2.69. The molecule has 2 aromatic rings. The molecule has 2 aromatic carbocycles. The Kier molecular flexibility index (Phi) is 4.65. The summed E-state index contributed by atoms with van der Waals surface area (Å²) in [6.45, 7) is 6.35. The smallest absolute Gasteiger partial charge is 0.251 e. The predicted octanol–water partition coefficient (Wildman–Crippen LogP) is 2.99. The maximum absolute atomic E-state index is 12.2. The second-order valence-electron chi connectivity index (χ2n) is 6.89. The summed E-state index contributed by atoms with van der Waals surface area (Å²) < 4.78 is 0. The third kappa shape index (κ3) is 3.82. The van der Waals surface area contributed by atoms with E-state index in [1.165, 1.54) is 11.1 Å². The van der Waals surface area contributed by atoms with Crippen molar-refractivity contribution < 1.29 is 4.79 Å². The minimum Gasteiger partial charge on any atom is -0.369 e. The number of benzene rings is 2. The van der Waals surface area contributed by atoms with Crippen LogP contribution in [0.2, 0.25) is 0 Å². The summed E-state index contributed by atoms with van der Waals surface area (Å²) in [6, 6.07) is 17.6. The fourth-order valence-corrected chi connectivity index (χ4v) is 2.69. The molecular formula is C20H23N3O. The van der Waals surface area contributed by atoms with E-state index in [4.69, 9.17) is 0 Å². The lowest BCUT2D eigenvalue weighted by atomic mass is 9.93. The van der Waals surface area contributed by atoms with Gasteiger partial charge in [-0.3, -0.25) is 9.79 Å². The van der Waals surface area contributed by atoms with Gasteiger partial charge in [-0.25, -0.2) is 0 Å². The number of nitrogens with zero attached hydrogens (tertiary/aromatic N) is 1. The number of hydrogen-bond acceptors (Lipinski definition) is 3. The summed E-state index contributed by atoms with van der Waals surface area (Å²) in [6.07, 6.45) is 0. The van der Waals surface area contributed by atoms with Crippen LogP contribution >= 0.6 is 0 Å². The van der Waals surface area contributed by atoms with Crippen LogP contribution in [0.4, 0.5) is 0 Å². The molecule has 0 saturated carbocycles. The van der Waals surface area contributed by atoms with E-state index in [1.807, 2.05) is 42.5 Å². The van der Waals surface area contributed by atoms with Crippen LogP contribution in [0.15, 0.2) is 59.6 Å². The van der Waals surface area contributed by atoms with Gasteiger partial charge in [-0.2, -0.15) is 0 Å². The number of aliphatic imine (C=N–C) groups is 1. The van der Waals surface area contributed by atoms with Crippen LogP contribution in [-0.2, 0) is 6.54 Å². The van der Waals surface area contributed by atoms with E-state index >= 15 is 0 Å². The zero-order valence-corrected chi connectivity index (χ0v) is 14.2. The van der Waals surface area contributed by atoms with Crippen molar-refractivity contribution in [1.82, 2.24) is 10.6 Å². The molecule has 1 aliphatic heterocycles. The van der Waals surface area contributed by atoms with Gasteiger partial charge in [0.1, 0.15) is 5.84 Å². The number of amides is 1. The highest BCUT2D eigenvalue weighted by molar-refractivity contribution is 6.02. The minimum absolute atomic E-state index is 0.0350. The largest absolute Gasteiger partial charge is 0.369 e. The second kappa shape index (κ2) is 6.87. The number of rotatable bonds is 5. The molecule has 4 heteroatoms. The third-order valence-corrected chi connectivity index (χ3v) is 4.18. The van der Waals surface area contributed by atoms with Crippen molar-refractivity contribution >= 4 is 11.7 Å². The van der Waals surface area contributed by atoms with Gasteiger partial charge in [-0.15, -0.1) is 0 Å². The van der Waals surface area contributed by atoms with Crippen molar-refractivity contribution in [3.8, 4) is 0 Å². The first-order valence-electron chi connectivity index (χ1n) is 8.25. The number of carbonyl (C=O) groups excluding carboxylic acids is 1. The Morgan fingerprint density at radius 1 is 1.04 bits per heavy atom. The Balaban J connectivity index is 1.53. The van der Waals surface area contributed by atoms with Crippen LogP contribution in [0, 0.1) is 5.41 Å². The molecule has 124 valence electrons. The number of hydrogen-bond donors (Lipinski definition) is 2. The molecule has 0 aliphatic carbocycles. The van der Waals surface area contributed by atoms with Crippen LogP contribution in [0.5, 0.6) is 0 Å². The Morgan fingerprint density at radius 2 is 1.75 bits per heavy atom. The normalized spacial score (nSPS) is 13.2. The molecular weight excluding hydrogens is 298 g/mol. The molecule has 0 fully saturated rings. The van der Waals surface area contributed by atoms with Gasteiger partial charge in [0.25, 0.3) is 5.91 Å². The first-order valence-corrected chi connectivity index (χ1v) is 8.25. The first-order chi connectivity index (χ1) is 11.6. The van der Waals surface area contributed by atoms with Gasteiger partial charge in [0, 0.05) is 24.2 Å². The van der Waals surface area contributed by atoms with Crippen LogP contribution in [0.25, 0.3) is 0 Å². The molecule has 1 aliphatic rings. The minimum atomic E-state index is -0.0789. The Bertz CT molecular complexity index is 750. The molecule has 2 N–H and O–H groups in total. The van der Waals surface area contributed by atoms with Gasteiger partial charge in [0.2, 0.25) is 0 Å². The van der Waals surface area contributed by atoms with Gasteiger partial charge >= 0.3 is 0 Å². The zero-order valence-electron chi connectivity index (χ0n) is 14.2. The summed E-state index contributed by atoms with van der Waals surface area (Å²) in [5.41, 5.74) is 3.05. The quantitative estimate of drug-likeness (QED) is 0.889. The molecule has 0 bridgehead atoms. The molecule has 0 atom stereocenters. The summed E-state index contributed by atoms with van der Waals surface area (Å²) in [4.78, 5) is 16.7. The van der Waals surface area contributed by atoms with Gasteiger partial charge in [0.15, 0.2) is 0 Å². The highest BCUT2D eigenvalue weighted by Gasteiger charge is 2.22.